The molecule has 2 atom stereocenters. The zero-order valence-corrected chi connectivity index (χ0v) is 17.8. The van der Waals surface area contributed by atoms with Crippen LogP contribution in [0.4, 0.5) is 5.69 Å². The van der Waals surface area contributed by atoms with Gasteiger partial charge in [0.05, 0.1) is 30.1 Å². The third kappa shape index (κ3) is 3.17. The van der Waals surface area contributed by atoms with Crippen molar-refractivity contribution in [2.75, 3.05) is 12.4 Å². The standard InChI is InChI=1S/C22H28N6O2/c1-21(2)17(5-7-22(21,3)24)27-19-15(20(23)29)11-26-28-12-14(9-16(19)28)13-6-8-25-18(10-13)30-4/h6,8-12,17,27H,5,7,24H2,1-4H3,(H2,23,29)/t17-,22+/m1/s1. The Bertz CT molecular complexity index is 1120. The highest BCUT2D eigenvalue weighted by molar-refractivity contribution is 6.02. The lowest BCUT2D eigenvalue weighted by Gasteiger charge is -2.39. The number of pyridine rings is 1. The largest absolute Gasteiger partial charge is 0.481 e. The number of fused-ring (bicyclic) bond motifs is 1. The van der Waals surface area contributed by atoms with Crippen LogP contribution in [0.3, 0.4) is 0 Å². The van der Waals surface area contributed by atoms with Crippen molar-refractivity contribution in [3.63, 3.8) is 0 Å². The summed E-state index contributed by atoms with van der Waals surface area (Å²) < 4.78 is 6.99. The van der Waals surface area contributed by atoms with E-state index >= 15 is 0 Å². The number of nitrogens with one attached hydrogen (secondary N) is 1. The summed E-state index contributed by atoms with van der Waals surface area (Å²) in [5.74, 6) is 0.00830. The van der Waals surface area contributed by atoms with Gasteiger partial charge in [0.1, 0.15) is 0 Å². The first kappa shape index (κ1) is 20.2. The van der Waals surface area contributed by atoms with Gasteiger partial charge in [-0.05, 0) is 37.5 Å². The van der Waals surface area contributed by atoms with Gasteiger partial charge in [-0.1, -0.05) is 13.8 Å². The van der Waals surface area contributed by atoms with Crippen molar-refractivity contribution < 1.29 is 9.53 Å². The number of methoxy groups -OCH3 is 1. The van der Waals surface area contributed by atoms with Crippen LogP contribution in [0, 0.1) is 5.41 Å². The Labute approximate surface area is 175 Å². The molecule has 3 aromatic rings. The SMILES string of the molecule is COc1cc(-c2cc3c(N[C@@H]4CC[C@](C)(N)C4(C)C)c(C(N)=O)cnn3c2)ccn1. The maximum absolute atomic E-state index is 12.2. The number of aromatic nitrogens is 3. The number of hydrogen-bond donors (Lipinski definition) is 3. The number of rotatable bonds is 5. The molecule has 158 valence electrons. The summed E-state index contributed by atoms with van der Waals surface area (Å²) >= 11 is 0. The van der Waals surface area contributed by atoms with Crippen molar-refractivity contribution in [2.45, 2.75) is 45.2 Å². The Balaban J connectivity index is 1.82. The van der Waals surface area contributed by atoms with Crippen molar-refractivity contribution in [3.8, 4) is 17.0 Å². The molecule has 1 aliphatic carbocycles. The number of amides is 1. The van der Waals surface area contributed by atoms with Gasteiger partial charge in [-0.3, -0.25) is 4.79 Å². The van der Waals surface area contributed by atoms with Crippen LogP contribution in [0.15, 0.2) is 36.8 Å². The molecule has 0 radical (unpaired) electrons. The number of nitrogens with two attached hydrogens (primary N) is 2. The third-order valence-corrected chi connectivity index (χ3v) is 6.79. The van der Waals surface area contributed by atoms with Crippen LogP contribution in [0.2, 0.25) is 0 Å². The van der Waals surface area contributed by atoms with Crippen LogP contribution < -0.4 is 21.5 Å². The fourth-order valence-corrected chi connectivity index (χ4v) is 4.21. The lowest BCUT2D eigenvalue weighted by atomic mass is 9.75. The highest BCUT2D eigenvalue weighted by Crippen LogP contribution is 2.46. The van der Waals surface area contributed by atoms with E-state index in [1.165, 1.54) is 6.20 Å². The fourth-order valence-electron chi connectivity index (χ4n) is 4.21. The van der Waals surface area contributed by atoms with E-state index in [0.717, 1.165) is 29.5 Å². The number of hydrogen-bond acceptors (Lipinski definition) is 6. The van der Waals surface area contributed by atoms with Crippen LogP contribution >= 0.6 is 0 Å². The molecule has 1 amide bonds. The molecule has 8 heteroatoms. The molecule has 3 aromatic heterocycles. The minimum atomic E-state index is -0.521. The number of ether oxygens (including phenoxy) is 1. The summed E-state index contributed by atoms with van der Waals surface area (Å²) in [5.41, 5.74) is 15.4. The Hall–Kier alpha value is -3.13. The van der Waals surface area contributed by atoms with Crippen molar-refractivity contribution in [1.29, 1.82) is 0 Å². The second kappa shape index (κ2) is 6.98. The molecule has 1 fully saturated rings. The molecule has 5 N–H and O–H groups in total. The molecule has 0 spiro atoms. The van der Waals surface area contributed by atoms with Crippen LogP contribution in [0.5, 0.6) is 5.88 Å². The molecule has 0 aromatic carbocycles. The average molecular weight is 409 g/mol. The summed E-state index contributed by atoms with van der Waals surface area (Å²) in [7, 11) is 1.58. The second-order valence-corrected chi connectivity index (χ2v) is 8.82. The average Bonchev–Trinajstić information content (AvgIpc) is 3.22. The molecule has 0 unspecified atom stereocenters. The monoisotopic (exact) mass is 408 g/mol. The van der Waals surface area contributed by atoms with Crippen LogP contribution in [0.25, 0.3) is 16.6 Å². The first-order chi connectivity index (χ1) is 14.1. The Morgan fingerprint density at radius 3 is 2.70 bits per heavy atom. The summed E-state index contributed by atoms with van der Waals surface area (Å²) in [6, 6.07) is 5.84. The van der Waals surface area contributed by atoms with E-state index in [4.69, 9.17) is 16.2 Å². The summed E-state index contributed by atoms with van der Waals surface area (Å²) in [4.78, 5) is 16.3. The maximum atomic E-state index is 12.2. The normalized spacial score (nSPS) is 22.9. The number of carbonyl (C=O) groups is 1. The maximum Gasteiger partial charge on any atom is 0.252 e. The minimum absolute atomic E-state index is 0.0937. The molecule has 1 aliphatic rings. The van der Waals surface area contributed by atoms with Crippen LogP contribution in [0.1, 0.15) is 44.0 Å². The third-order valence-electron chi connectivity index (χ3n) is 6.79. The first-order valence-electron chi connectivity index (χ1n) is 10.0. The lowest BCUT2D eigenvalue weighted by molar-refractivity contribution is 0.100. The first-order valence-corrected chi connectivity index (χ1v) is 10.0. The van der Waals surface area contributed by atoms with E-state index in [2.05, 4.69) is 36.2 Å². The number of nitrogens with zero attached hydrogens (tertiary/aromatic N) is 3. The highest BCUT2D eigenvalue weighted by Gasteiger charge is 2.49. The predicted molar refractivity (Wildman–Crippen MR) is 117 cm³/mol. The number of carbonyl (C=O) groups excluding carboxylic acids is 1. The van der Waals surface area contributed by atoms with Crippen molar-refractivity contribution in [1.82, 2.24) is 14.6 Å². The van der Waals surface area contributed by atoms with E-state index in [0.29, 0.717) is 17.1 Å². The summed E-state index contributed by atoms with van der Waals surface area (Å²) in [6.07, 6.45) is 6.92. The number of primary amides is 1. The Morgan fingerprint density at radius 1 is 1.30 bits per heavy atom. The van der Waals surface area contributed by atoms with E-state index in [1.54, 1.807) is 17.8 Å². The number of anilines is 1. The van der Waals surface area contributed by atoms with Gasteiger partial charge in [-0.25, -0.2) is 9.50 Å². The Kier molecular flexibility index (Phi) is 4.69. The predicted octanol–water partition coefficient (Wildman–Crippen LogP) is 2.82. The van der Waals surface area contributed by atoms with Gasteiger partial charge < -0.3 is 21.5 Å². The van der Waals surface area contributed by atoms with Gasteiger partial charge in [0.2, 0.25) is 5.88 Å². The summed E-state index contributed by atoms with van der Waals surface area (Å²) in [6.45, 7) is 6.40. The smallest absolute Gasteiger partial charge is 0.252 e. The van der Waals surface area contributed by atoms with Gasteiger partial charge in [-0.15, -0.1) is 0 Å². The second-order valence-electron chi connectivity index (χ2n) is 8.82. The van der Waals surface area contributed by atoms with E-state index in [-0.39, 0.29) is 17.0 Å². The molecule has 3 heterocycles. The summed E-state index contributed by atoms with van der Waals surface area (Å²) in [5, 5.41) is 7.98. The molecule has 0 aliphatic heterocycles. The van der Waals surface area contributed by atoms with Gasteiger partial charge in [0, 0.05) is 41.0 Å². The van der Waals surface area contributed by atoms with Crippen molar-refractivity contribution in [2.24, 2.45) is 16.9 Å². The molecule has 4 rings (SSSR count). The van der Waals surface area contributed by atoms with E-state index in [1.807, 2.05) is 24.4 Å². The molecule has 0 saturated heterocycles. The highest BCUT2D eigenvalue weighted by atomic mass is 16.5. The van der Waals surface area contributed by atoms with Gasteiger partial charge in [0.15, 0.2) is 0 Å². The van der Waals surface area contributed by atoms with E-state index in [9.17, 15) is 4.79 Å². The van der Waals surface area contributed by atoms with Gasteiger partial charge in [-0.2, -0.15) is 5.10 Å². The van der Waals surface area contributed by atoms with Gasteiger partial charge >= 0.3 is 0 Å². The molecule has 0 bridgehead atoms. The zero-order chi connectivity index (χ0) is 21.7. The molecular weight excluding hydrogens is 380 g/mol. The Morgan fingerprint density at radius 2 is 2.07 bits per heavy atom. The minimum Gasteiger partial charge on any atom is -0.481 e. The van der Waals surface area contributed by atoms with Crippen LogP contribution in [-0.4, -0.2) is 39.2 Å². The lowest BCUT2D eigenvalue weighted by Crippen LogP contribution is -2.51. The molecule has 30 heavy (non-hydrogen) atoms. The van der Waals surface area contributed by atoms with Crippen molar-refractivity contribution in [3.05, 3.63) is 42.4 Å². The fraction of sp³-hybridized carbons (Fsp3) is 0.409. The zero-order valence-electron chi connectivity index (χ0n) is 17.8. The quantitative estimate of drug-likeness (QED) is 0.597. The topological polar surface area (TPSA) is 121 Å². The van der Waals surface area contributed by atoms with Crippen molar-refractivity contribution >= 4 is 17.1 Å². The molecule has 1 saturated carbocycles. The van der Waals surface area contributed by atoms with Gasteiger partial charge in [0.25, 0.3) is 5.91 Å². The molecular formula is C22H28N6O2. The molecule has 8 nitrogen and oxygen atoms in total. The van der Waals surface area contributed by atoms with E-state index < -0.39 is 5.91 Å². The van der Waals surface area contributed by atoms with Crippen LogP contribution in [-0.2, 0) is 0 Å².